The molecule has 3 rings (SSSR count). The molecule has 0 aromatic heterocycles. The summed E-state index contributed by atoms with van der Waals surface area (Å²) in [6, 6.07) is 23.5. The number of hydrogen-bond acceptors (Lipinski definition) is 3. The molecule has 3 aromatic carbocycles. The van der Waals surface area contributed by atoms with Crippen LogP contribution in [0.2, 0.25) is 0 Å². The van der Waals surface area contributed by atoms with Crippen molar-refractivity contribution in [2.45, 2.75) is 19.8 Å². The number of carbonyl (C=O) groups is 2. The van der Waals surface area contributed by atoms with E-state index in [0.717, 1.165) is 18.5 Å². The van der Waals surface area contributed by atoms with E-state index in [9.17, 15) is 9.59 Å². The Hall–Kier alpha value is -3.60. The molecule has 0 saturated heterocycles. The molecule has 154 valence electrons. The van der Waals surface area contributed by atoms with Gasteiger partial charge >= 0.3 is 0 Å². The molecule has 30 heavy (non-hydrogen) atoms. The van der Waals surface area contributed by atoms with Gasteiger partial charge < -0.3 is 15.0 Å². The van der Waals surface area contributed by atoms with Crippen LogP contribution in [0.1, 0.15) is 40.5 Å². The molecular formula is C25H26N2O3. The number of unbranched alkanes of at least 4 members (excludes halogenated alkanes) is 1. The van der Waals surface area contributed by atoms with Gasteiger partial charge in [0.15, 0.2) is 0 Å². The first-order chi connectivity index (χ1) is 14.6. The third kappa shape index (κ3) is 5.47. The fraction of sp³-hybridized carbons (Fsp3) is 0.200. The van der Waals surface area contributed by atoms with Gasteiger partial charge in [0, 0.05) is 29.5 Å². The van der Waals surface area contributed by atoms with Crippen LogP contribution in [0.5, 0.6) is 5.75 Å². The maximum Gasteiger partial charge on any atom is 0.258 e. The number of amides is 2. The number of benzene rings is 3. The van der Waals surface area contributed by atoms with Crippen molar-refractivity contribution < 1.29 is 14.3 Å². The summed E-state index contributed by atoms with van der Waals surface area (Å²) < 4.78 is 5.67. The van der Waals surface area contributed by atoms with Crippen molar-refractivity contribution in [2.24, 2.45) is 0 Å². The van der Waals surface area contributed by atoms with Crippen molar-refractivity contribution in [2.75, 3.05) is 23.9 Å². The Balaban J connectivity index is 1.63. The molecule has 0 bridgehead atoms. The Labute approximate surface area is 177 Å². The topological polar surface area (TPSA) is 58.6 Å². The van der Waals surface area contributed by atoms with Gasteiger partial charge in [-0.05, 0) is 61.0 Å². The quantitative estimate of drug-likeness (QED) is 0.514. The molecule has 0 saturated carbocycles. The number of nitrogens with zero attached hydrogens (tertiary/aromatic N) is 1. The molecule has 0 unspecified atom stereocenters. The minimum absolute atomic E-state index is 0.115. The Kier molecular flexibility index (Phi) is 7.22. The monoisotopic (exact) mass is 402 g/mol. The van der Waals surface area contributed by atoms with E-state index in [-0.39, 0.29) is 11.8 Å². The molecule has 0 aliphatic rings. The van der Waals surface area contributed by atoms with Crippen LogP contribution in [-0.4, -0.2) is 25.5 Å². The standard InChI is InChI=1S/C25H26N2O3/c1-3-4-17-30-23-12-8-9-20(18-23)24(28)26-21-15-13-19(14-16-21)25(29)27(2)22-10-6-5-7-11-22/h5-16,18H,3-4,17H2,1-2H3,(H,26,28). The molecule has 0 fully saturated rings. The number of rotatable bonds is 8. The van der Waals surface area contributed by atoms with E-state index in [1.165, 1.54) is 0 Å². The Morgan fingerprint density at radius 2 is 1.63 bits per heavy atom. The summed E-state index contributed by atoms with van der Waals surface area (Å²) in [5.74, 6) is 0.341. The minimum Gasteiger partial charge on any atom is -0.494 e. The van der Waals surface area contributed by atoms with Crippen molar-refractivity contribution in [3.63, 3.8) is 0 Å². The second kappa shape index (κ2) is 10.3. The van der Waals surface area contributed by atoms with Crippen molar-refractivity contribution in [3.05, 3.63) is 90.0 Å². The molecule has 5 heteroatoms. The number of hydrogen-bond donors (Lipinski definition) is 1. The van der Waals surface area contributed by atoms with Crippen LogP contribution in [0.4, 0.5) is 11.4 Å². The Morgan fingerprint density at radius 1 is 0.900 bits per heavy atom. The largest absolute Gasteiger partial charge is 0.494 e. The third-order valence-corrected chi connectivity index (χ3v) is 4.70. The van der Waals surface area contributed by atoms with E-state index in [0.29, 0.717) is 29.2 Å². The highest BCUT2D eigenvalue weighted by Crippen LogP contribution is 2.18. The zero-order chi connectivity index (χ0) is 21.3. The Morgan fingerprint density at radius 3 is 2.33 bits per heavy atom. The average Bonchev–Trinajstić information content (AvgIpc) is 2.79. The minimum atomic E-state index is -0.226. The van der Waals surface area contributed by atoms with Crippen molar-refractivity contribution >= 4 is 23.2 Å². The van der Waals surface area contributed by atoms with Crippen LogP contribution >= 0.6 is 0 Å². The summed E-state index contributed by atoms with van der Waals surface area (Å²) in [7, 11) is 1.74. The molecule has 5 nitrogen and oxygen atoms in total. The van der Waals surface area contributed by atoms with Crippen molar-refractivity contribution in [1.82, 2.24) is 0 Å². The summed E-state index contributed by atoms with van der Waals surface area (Å²) in [5, 5.41) is 2.86. The highest BCUT2D eigenvalue weighted by atomic mass is 16.5. The summed E-state index contributed by atoms with van der Waals surface area (Å²) in [6.45, 7) is 2.74. The van der Waals surface area contributed by atoms with Gasteiger partial charge in [-0.1, -0.05) is 37.6 Å². The highest BCUT2D eigenvalue weighted by molar-refractivity contribution is 6.07. The molecule has 3 aromatic rings. The van der Waals surface area contributed by atoms with Gasteiger partial charge in [0.25, 0.3) is 11.8 Å². The van der Waals surface area contributed by atoms with Crippen molar-refractivity contribution in [1.29, 1.82) is 0 Å². The van der Waals surface area contributed by atoms with E-state index in [4.69, 9.17) is 4.74 Å². The molecule has 0 aliphatic heterocycles. The van der Waals surface area contributed by atoms with Crippen LogP contribution < -0.4 is 15.0 Å². The van der Waals surface area contributed by atoms with Gasteiger partial charge in [-0.3, -0.25) is 9.59 Å². The first-order valence-corrected chi connectivity index (χ1v) is 10.1. The maximum absolute atomic E-state index is 12.7. The average molecular weight is 402 g/mol. The van der Waals surface area contributed by atoms with E-state index >= 15 is 0 Å². The smallest absolute Gasteiger partial charge is 0.258 e. The molecular weight excluding hydrogens is 376 g/mol. The molecule has 0 spiro atoms. The zero-order valence-corrected chi connectivity index (χ0v) is 17.3. The fourth-order valence-corrected chi connectivity index (χ4v) is 2.92. The Bertz CT molecular complexity index is 985. The SMILES string of the molecule is CCCCOc1cccc(C(=O)Nc2ccc(C(=O)N(C)c3ccccc3)cc2)c1. The van der Waals surface area contributed by atoms with E-state index in [2.05, 4.69) is 12.2 Å². The maximum atomic E-state index is 12.7. The normalized spacial score (nSPS) is 10.3. The van der Waals surface area contributed by atoms with Crippen molar-refractivity contribution in [3.8, 4) is 5.75 Å². The van der Waals surface area contributed by atoms with E-state index < -0.39 is 0 Å². The number of para-hydroxylation sites is 1. The number of anilines is 2. The van der Waals surface area contributed by atoms with Crippen LogP contribution in [0.3, 0.4) is 0 Å². The lowest BCUT2D eigenvalue weighted by atomic mass is 10.1. The number of ether oxygens (including phenoxy) is 1. The van der Waals surface area contributed by atoms with Gasteiger partial charge in [0.05, 0.1) is 6.61 Å². The summed E-state index contributed by atoms with van der Waals surface area (Å²) >= 11 is 0. The summed E-state index contributed by atoms with van der Waals surface area (Å²) in [5.41, 5.74) is 2.51. The van der Waals surface area contributed by atoms with Gasteiger partial charge in [-0.2, -0.15) is 0 Å². The molecule has 0 aliphatic carbocycles. The molecule has 1 N–H and O–H groups in total. The van der Waals surface area contributed by atoms with Gasteiger partial charge in [0.2, 0.25) is 0 Å². The lowest BCUT2D eigenvalue weighted by Crippen LogP contribution is -2.26. The summed E-state index contributed by atoms with van der Waals surface area (Å²) in [4.78, 5) is 26.8. The summed E-state index contributed by atoms with van der Waals surface area (Å²) in [6.07, 6.45) is 2.03. The predicted octanol–water partition coefficient (Wildman–Crippen LogP) is 5.39. The predicted molar refractivity (Wildman–Crippen MR) is 120 cm³/mol. The molecule has 0 radical (unpaired) electrons. The van der Waals surface area contributed by atoms with Gasteiger partial charge in [0.1, 0.15) is 5.75 Å². The molecule has 0 heterocycles. The number of nitrogens with one attached hydrogen (secondary N) is 1. The zero-order valence-electron chi connectivity index (χ0n) is 17.3. The lowest BCUT2D eigenvalue weighted by molar-refractivity contribution is 0.0991. The fourth-order valence-electron chi connectivity index (χ4n) is 2.92. The highest BCUT2D eigenvalue weighted by Gasteiger charge is 2.14. The van der Waals surface area contributed by atoms with Crippen LogP contribution in [-0.2, 0) is 0 Å². The third-order valence-electron chi connectivity index (χ3n) is 4.70. The van der Waals surface area contributed by atoms with Crippen LogP contribution in [0.15, 0.2) is 78.9 Å². The molecule has 2 amide bonds. The lowest BCUT2D eigenvalue weighted by Gasteiger charge is -2.17. The first kappa shape index (κ1) is 21.1. The van der Waals surface area contributed by atoms with Crippen LogP contribution in [0, 0.1) is 0 Å². The van der Waals surface area contributed by atoms with Gasteiger partial charge in [-0.15, -0.1) is 0 Å². The molecule has 0 atom stereocenters. The van der Waals surface area contributed by atoms with E-state index in [1.807, 2.05) is 36.4 Å². The first-order valence-electron chi connectivity index (χ1n) is 10.1. The second-order valence-electron chi connectivity index (χ2n) is 6.96. The number of carbonyl (C=O) groups excluding carboxylic acids is 2. The van der Waals surface area contributed by atoms with Crippen LogP contribution in [0.25, 0.3) is 0 Å². The van der Waals surface area contributed by atoms with Gasteiger partial charge in [-0.25, -0.2) is 0 Å². The van der Waals surface area contributed by atoms with E-state index in [1.54, 1.807) is 54.4 Å². The second-order valence-corrected chi connectivity index (χ2v) is 6.96.